The van der Waals surface area contributed by atoms with E-state index in [4.69, 9.17) is 14.2 Å². The number of carbonyl (C=O) groups is 2. The minimum absolute atomic E-state index is 0.153. The maximum absolute atomic E-state index is 12.8. The molecule has 298 valence electrons. The summed E-state index contributed by atoms with van der Waals surface area (Å²) in [5.41, 5.74) is 0. The van der Waals surface area contributed by atoms with Crippen LogP contribution in [0.25, 0.3) is 0 Å². The molecule has 1 aliphatic heterocycles. The van der Waals surface area contributed by atoms with E-state index in [2.05, 4.69) is 38.2 Å². The topological polar surface area (TPSA) is 123 Å². The normalized spacial score (nSPS) is 22.2. The van der Waals surface area contributed by atoms with Crippen LogP contribution in [0.5, 0.6) is 0 Å². The van der Waals surface area contributed by atoms with Crippen LogP contribution in [0.2, 0.25) is 0 Å². The van der Waals surface area contributed by atoms with Gasteiger partial charge in [-0.2, -0.15) is 0 Å². The third kappa shape index (κ3) is 23.5. The molecule has 0 spiro atoms. The zero-order valence-electron chi connectivity index (χ0n) is 33.0. The average Bonchev–Trinajstić information content (AvgIpc) is 3.11. The van der Waals surface area contributed by atoms with Crippen molar-refractivity contribution < 1.29 is 39.1 Å². The molecule has 8 heteroatoms. The van der Waals surface area contributed by atoms with E-state index in [-0.39, 0.29) is 12.8 Å². The van der Waals surface area contributed by atoms with Crippen molar-refractivity contribution in [2.75, 3.05) is 6.61 Å². The fraction of sp³-hybridized carbons (Fsp3) is 0.860. The lowest BCUT2D eigenvalue weighted by atomic mass is 9.93. The van der Waals surface area contributed by atoms with Crippen LogP contribution in [-0.4, -0.2) is 64.1 Å². The Kier molecular flexibility index (Phi) is 29.4. The average molecular weight is 723 g/mol. The number of carbonyl (C=O) groups excluding carboxylic acids is 2. The zero-order valence-corrected chi connectivity index (χ0v) is 33.0. The van der Waals surface area contributed by atoms with Crippen molar-refractivity contribution in [2.24, 2.45) is 0 Å². The summed E-state index contributed by atoms with van der Waals surface area (Å²) in [7, 11) is 0. The van der Waals surface area contributed by atoms with Crippen LogP contribution in [0.15, 0.2) is 24.3 Å². The molecular weight excluding hydrogens is 644 g/mol. The molecule has 1 heterocycles. The molecule has 0 saturated carbocycles. The predicted molar refractivity (Wildman–Crippen MR) is 207 cm³/mol. The Hall–Kier alpha value is -1.74. The standard InChI is InChI=1S/C43H78O8/c1-4-6-8-10-12-14-16-18-20-22-24-26-28-30-32-34-38(45)49-42-41(48)40(47)37(36-44)50-43(42,3)51-39(46)35-33-31-29-27-25-23-21-19-17-15-13-11-9-7-5-2/h18-21,37,40-42,44,47-48H,4-17,22-36H2,1-3H3/b20-18-,21-19-/t37-,40-,41+,42-,43?/m1/s1. The van der Waals surface area contributed by atoms with E-state index in [1.165, 1.54) is 96.8 Å². The fourth-order valence-corrected chi connectivity index (χ4v) is 6.71. The summed E-state index contributed by atoms with van der Waals surface area (Å²) in [5.74, 6) is -2.91. The molecule has 51 heavy (non-hydrogen) atoms. The molecular formula is C43H78O8. The van der Waals surface area contributed by atoms with Crippen LogP contribution >= 0.6 is 0 Å². The number of rotatable bonds is 33. The van der Waals surface area contributed by atoms with E-state index in [0.29, 0.717) is 12.8 Å². The van der Waals surface area contributed by atoms with Gasteiger partial charge < -0.3 is 29.5 Å². The van der Waals surface area contributed by atoms with Gasteiger partial charge in [-0.05, 0) is 64.2 Å². The molecule has 0 bridgehead atoms. The molecule has 0 radical (unpaired) electrons. The number of hydrogen-bond acceptors (Lipinski definition) is 8. The highest BCUT2D eigenvalue weighted by Gasteiger charge is 2.56. The second-order valence-corrected chi connectivity index (χ2v) is 14.9. The van der Waals surface area contributed by atoms with Gasteiger partial charge in [0.2, 0.25) is 0 Å². The second kappa shape index (κ2) is 31.8. The van der Waals surface area contributed by atoms with Crippen molar-refractivity contribution in [2.45, 2.75) is 231 Å². The van der Waals surface area contributed by atoms with Gasteiger partial charge in [0, 0.05) is 19.8 Å². The van der Waals surface area contributed by atoms with Crippen LogP contribution < -0.4 is 0 Å². The highest BCUT2D eigenvalue weighted by Crippen LogP contribution is 2.34. The van der Waals surface area contributed by atoms with E-state index in [0.717, 1.165) is 64.2 Å². The SMILES string of the molecule is CCCCCCCC/C=C\CCCCCCCC(=O)O[C@@H]1[C@@H](O)[C@H](O)[C@@H](CO)OC1(C)OC(=O)CCCCCCC/C=C\CCCCCCCC. The molecule has 0 aliphatic carbocycles. The van der Waals surface area contributed by atoms with Gasteiger partial charge in [0.1, 0.15) is 18.3 Å². The van der Waals surface area contributed by atoms with E-state index < -0.39 is 48.7 Å². The van der Waals surface area contributed by atoms with Gasteiger partial charge in [-0.1, -0.05) is 141 Å². The monoisotopic (exact) mass is 723 g/mol. The highest BCUT2D eigenvalue weighted by atomic mass is 16.8. The Morgan fingerprint density at radius 3 is 1.35 bits per heavy atom. The Morgan fingerprint density at radius 2 is 0.941 bits per heavy atom. The maximum Gasteiger partial charge on any atom is 0.308 e. The summed E-state index contributed by atoms with van der Waals surface area (Å²) in [6.45, 7) is 5.32. The number of ether oxygens (including phenoxy) is 3. The van der Waals surface area contributed by atoms with E-state index in [1.807, 2.05) is 0 Å². The van der Waals surface area contributed by atoms with Crippen molar-refractivity contribution in [1.82, 2.24) is 0 Å². The van der Waals surface area contributed by atoms with Gasteiger partial charge in [-0.3, -0.25) is 9.59 Å². The Labute approximate surface area is 312 Å². The smallest absolute Gasteiger partial charge is 0.308 e. The molecule has 3 N–H and O–H groups in total. The zero-order chi connectivity index (χ0) is 37.4. The third-order valence-corrected chi connectivity index (χ3v) is 9.98. The largest absolute Gasteiger partial charge is 0.452 e. The molecule has 1 fully saturated rings. The lowest BCUT2D eigenvalue weighted by Crippen LogP contribution is -2.66. The van der Waals surface area contributed by atoms with Crippen molar-refractivity contribution in [3.63, 3.8) is 0 Å². The van der Waals surface area contributed by atoms with Crippen LogP contribution in [0.3, 0.4) is 0 Å². The lowest BCUT2D eigenvalue weighted by molar-refractivity contribution is -0.345. The molecule has 1 aliphatic rings. The van der Waals surface area contributed by atoms with Crippen LogP contribution in [-0.2, 0) is 23.8 Å². The molecule has 5 atom stereocenters. The van der Waals surface area contributed by atoms with E-state index in [9.17, 15) is 24.9 Å². The summed E-state index contributed by atoms with van der Waals surface area (Å²) >= 11 is 0. The molecule has 0 aromatic heterocycles. The van der Waals surface area contributed by atoms with Crippen molar-refractivity contribution >= 4 is 11.9 Å². The summed E-state index contributed by atoms with van der Waals surface area (Å²) in [4.78, 5) is 25.6. The first-order valence-electron chi connectivity index (χ1n) is 21.1. The predicted octanol–water partition coefficient (Wildman–Crippen LogP) is 10.3. The maximum atomic E-state index is 12.8. The lowest BCUT2D eigenvalue weighted by Gasteiger charge is -2.47. The summed E-state index contributed by atoms with van der Waals surface area (Å²) < 4.78 is 17.0. The van der Waals surface area contributed by atoms with E-state index in [1.54, 1.807) is 0 Å². The number of allylic oxidation sites excluding steroid dienone is 4. The Bertz CT molecular complexity index is 904. The summed E-state index contributed by atoms with van der Waals surface area (Å²) in [6, 6.07) is 0. The Morgan fingerprint density at radius 1 is 0.569 bits per heavy atom. The first-order chi connectivity index (χ1) is 24.8. The van der Waals surface area contributed by atoms with E-state index >= 15 is 0 Å². The number of hydrogen-bond donors (Lipinski definition) is 3. The minimum Gasteiger partial charge on any atom is -0.452 e. The third-order valence-electron chi connectivity index (χ3n) is 9.98. The van der Waals surface area contributed by atoms with Crippen molar-refractivity contribution in [1.29, 1.82) is 0 Å². The highest BCUT2D eigenvalue weighted by molar-refractivity contribution is 5.71. The van der Waals surface area contributed by atoms with Crippen LogP contribution in [0, 0.1) is 0 Å². The first kappa shape index (κ1) is 47.3. The quantitative estimate of drug-likeness (QED) is 0.0348. The van der Waals surface area contributed by atoms with Crippen molar-refractivity contribution in [3.8, 4) is 0 Å². The van der Waals surface area contributed by atoms with Gasteiger partial charge in [-0.15, -0.1) is 0 Å². The molecule has 1 saturated heterocycles. The Balaban J connectivity index is 2.30. The first-order valence-corrected chi connectivity index (χ1v) is 21.1. The summed E-state index contributed by atoms with van der Waals surface area (Å²) in [5, 5.41) is 31.0. The number of aliphatic hydroxyl groups excluding tert-OH is 3. The van der Waals surface area contributed by atoms with Crippen molar-refractivity contribution in [3.05, 3.63) is 24.3 Å². The molecule has 0 aromatic rings. The van der Waals surface area contributed by atoms with Gasteiger partial charge in [0.05, 0.1) is 6.61 Å². The molecule has 1 unspecified atom stereocenters. The van der Waals surface area contributed by atoms with Crippen LogP contribution in [0.4, 0.5) is 0 Å². The molecule has 1 rings (SSSR count). The van der Waals surface area contributed by atoms with Gasteiger partial charge in [0.25, 0.3) is 5.79 Å². The fourth-order valence-electron chi connectivity index (χ4n) is 6.71. The minimum atomic E-state index is -1.83. The number of esters is 2. The van der Waals surface area contributed by atoms with Gasteiger partial charge >= 0.3 is 11.9 Å². The second-order valence-electron chi connectivity index (χ2n) is 14.9. The number of aliphatic hydroxyl groups is 3. The summed E-state index contributed by atoms with van der Waals surface area (Å²) in [6.07, 6.45) is 33.9. The molecule has 8 nitrogen and oxygen atoms in total. The van der Waals surface area contributed by atoms with Crippen LogP contribution in [0.1, 0.15) is 201 Å². The number of unbranched alkanes of at least 4 members (excludes halogenated alkanes) is 22. The molecule has 0 aromatic carbocycles. The molecule has 0 amide bonds. The van der Waals surface area contributed by atoms with Gasteiger partial charge in [0.15, 0.2) is 6.10 Å². The van der Waals surface area contributed by atoms with Gasteiger partial charge in [-0.25, -0.2) is 0 Å².